The molecule has 242 valence electrons. The number of halogens is 2. The van der Waals surface area contributed by atoms with E-state index in [1.54, 1.807) is 30.7 Å². The van der Waals surface area contributed by atoms with Gasteiger partial charge in [0.1, 0.15) is 11.3 Å². The van der Waals surface area contributed by atoms with Crippen molar-refractivity contribution in [1.82, 2.24) is 39.9 Å². The van der Waals surface area contributed by atoms with E-state index in [9.17, 15) is 22.3 Å². The van der Waals surface area contributed by atoms with E-state index in [1.807, 2.05) is 21.7 Å². The fourth-order valence-electron chi connectivity index (χ4n) is 7.34. The lowest BCUT2D eigenvalue weighted by molar-refractivity contribution is -0.0279. The van der Waals surface area contributed by atoms with Crippen molar-refractivity contribution in [2.75, 3.05) is 13.1 Å². The molecule has 7 rings (SSSR count). The highest BCUT2D eigenvalue weighted by atomic mass is 32.2. The summed E-state index contributed by atoms with van der Waals surface area (Å²) in [5, 5.41) is 32.3. The van der Waals surface area contributed by atoms with Crippen LogP contribution in [0.5, 0.6) is 0 Å². The number of rotatable bonds is 10. The van der Waals surface area contributed by atoms with Crippen LogP contribution in [0.2, 0.25) is 0 Å². The molecular weight excluding hydrogens is 639 g/mol. The van der Waals surface area contributed by atoms with E-state index in [2.05, 4.69) is 30.0 Å². The van der Waals surface area contributed by atoms with E-state index in [0.717, 1.165) is 11.9 Å². The topological polar surface area (TPSA) is 174 Å². The second-order valence-corrected chi connectivity index (χ2v) is 14.8. The molecule has 3 fully saturated rings. The van der Waals surface area contributed by atoms with Gasteiger partial charge in [-0.2, -0.15) is 8.78 Å². The number of alkyl halides is 2. The second kappa shape index (κ2) is 12.0. The molecule has 3 atom stereocenters. The molecule has 4 aliphatic rings. The third-order valence-electron chi connectivity index (χ3n) is 9.16. The fourth-order valence-corrected chi connectivity index (χ4v) is 10.3. The summed E-state index contributed by atoms with van der Waals surface area (Å²) in [5.41, 5.74) is 0.376. The number of fused-ring (bicyclic) bond motifs is 3. The van der Waals surface area contributed by atoms with Gasteiger partial charge in [-0.3, -0.25) is 4.99 Å². The number of nitrogens with zero attached hydrogens (tertiary/aromatic N) is 7. The number of amidine groups is 1. The Morgan fingerprint density at radius 3 is 2.70 bits per heavy atom. The summed E-state index contributed by atoms with van der Waals surface area (Å²) in [6.07, 6.45) is 9.41. The number of hydrogen-bond donors (Lipinski definition) is 4. The Morgan fingerprint density at radius 2 is 2.00 bits per heavy atom. The zero-order valence-corrected chi connectivity index (χ0v) is 26.1. The summed E-state index contributed by atoms with van der Waals surface area (Å²) in [5.74, 6) is 0.624. The number of aromatic nitrogens is 5. The zero-order chi connectivity index (χ0) is 32.1. The first-order valence-electron chi connectivity index (χ1n) is 14.9. The Labute approximate surface area is 267 Å². The van der Waals surface area contributed by atoms with Crippen molar-refractivity contribution in [3.8, 4) is 5.82 Å². The van der Waals surface area contributed by atoms with Crippen LogP contribution in [0.15, 0.2) is 70.7 Å². The Morgan fingerprint density at radius 1 is 1.20 bits per heavy atom. The number of aliphatic imine (C=N–C) groups is 1. The molecule has 2 bridgehead atoms. The molecule has 0 radical (unpaired) electrons. The Kier molecular flexibility index (Phi) is 8.02. The molecule has 2 aliphatic heterocycles. The lowest BCUT2D eigenvalue weighted by Crippen LogP contribution is -2.50. The zero-order valence-electron chi connectivity index (χ0n) is 24.5. The highest BCUT2D eigenvalue weighted by Gasteiger charge is 2.55. The van der Waals surface area contributed by atoms with Crippen molar-refractivity contribution in [3.05, 3.63) is 76.4 Å². The van der Waals surface area contributed by atoms with Gasteiger partial charge in [-0.25, -0.2) is 27.8 Å². The summed E-state index contributed by atoms with van der Waals surface area (Å²) >= 11 is 1.41. The molecule has 0 aromatic carbocycles. The van der Waals surface area contributed by atoms with Crippen molar-refractivity contribution < 1.29 is 22.3 Å². The van der Waals surface area contributed by atoms with Gasteiger partial charge in [0.15, 0.2) is 16.7 Å². The van der Waals surface area contributed by atoms with Gasteiger partial charge in [0.05, 0.1) is 23.7 Å². The van der Waals surface area contributed by atoms with E-state index in [-0.39, 0.29) is 43.5 Å². The fraction of sp³-hybridized carbons (Fsp3) is 0.448. The third-order valence-corrected chi connectivity index (χ3v) is 12.1. The van der Waals surface area contributed by atoms with Crippen molar-refractivity contribution in [2.24, 2.45) is 16.8 Å². The van der Waals surface area contributed by atoms with Crippen molar-refractivity contribution >= 4 is 32.9 Å². The van der Waals surface area contributed by atoms with Gasteiger partial charge in [0, 0.05) is 54.3 Å². The molecule has 1 saturated heterocycles. The molecule has 13 nitrogen and oxygen atoms in total. The molecule has 4 N–H and O–H groups in total. The maximum atomic E-state index is 14.0. The van der Waals surface area contributed by atoms with Crippen molar-refractivity contribution in [3.63, 3.8) is 0 Å². The maximum absolute atomic E-state index is 14.0. The smallest absolute Gasteiger partial charge is 0.312 e. The number of thiazole rings is 1. The molecule has 2 saturated carbocycles. The third kappa shape index (κ3) is 5.76. The van der Waals surface area contributed by atoms with Crippen LogP contribution < -0.4 is 10.0 Å². The van der Waals surface area contributed by atoms with Crippen LogP contribution in [0.1, 0.15) is 42.8 Å². The predicted octanol–water partition coefficient (Wildman–Crippen LogP) is 2.55. The number of hydrogen-bond acceptors (Lipinski definition) is 12. The van der Waals surface area contributed by atoms with Crippen LogP contribution in [0.25, 0.3) is 5.82 Å². The van der Waals surface area contributed by atoms with Crippen LogP contribution >= 0.6 is 11.3 Å². The maximum Gasteiger partial charge on any atom is 0.312 e. The Hall–Kier alpha value is -3.93. The molecule has 5 heterocycles. The van der Waals surface area contributed by atoms with Gasteiger partial charge in [-0.15, -0.1) is 16.4 Å². The molecule has 3 aromatic rings. The average Bonchev–Trinajstić information content (AvgIpc) is 3.83. The van der Waals surface area contributed by atoms with E-state index >= 15 is 0 Å². The van der Waals surface area contributed by atoms with Crippen LogP contribution in [-0.2, 0) is 15.6 Å². The van der Waals surface area contributed by atoms with Crippen LogP contribution in [0.3, 0.4) is 0 Å². The lowest BCUT2D eigenvalue weighted by atomic mass is 9.75. The summed E-state index contributed by atoms with van der Waals surface area (Å²) in [6.45, 7) is -2.32. The highest BCUT2D eigenvalue weighted by Crippen LogP contribution is 2.52. The minimum Gasteiger partial charge on any atom is -0.383 e. The minimum atomic E-state index is -3.82. The van der Waals surface area contributed by atoms with E-state index in [0.29, 0.717) is 47.2 Å². The van der Waals surface area contributed by atoms with E-state index < -0.39 is 33.5 Å². The molecule has 3 unspecified atom stereocenters. The molecule has 46 heavy (non-hydrogen) atoms. The normalized spacial score (nSPS) is 27.8. The van der Waals surface area contributed by atoms with Gasteiger partial charge in [-0.05, 0) is 55.7 Å². The van der Waals surface area contributed by atoms with Crippen molar-refractivity contribution in [2.45, 2.75) is 55.5 Å². The standard InChI is InChI=1S/C29H32F2N10O3S2/c30-28(31)35-8-6-21(32)20-14-36-26(27-34-9-10-45-27)40-15-19(11-22(20)40)38-46(43,44)25-17-4-5-18(25)13-29(42,12-17)23-16-41(39-37-23)24-3-1-2-7-33-24/h1-3,6-10,16-19,25,28,32,35,38,42H,4-5,11-15H2/b8-6-,32-21?. The quantitative estimate of drug-likeness (QED) is 0.187. The molecule has 17 heteroatoms. The van der Waals surface area contributed by atoms with Crippen LogP contribution in [0, 0.1) is 17.2 Å². The Bertz CT molecular complexity index is 1800. The number of nitrogens with one attached hydrogen (secondary N) is 3. The van der Waals surface area contributed by atoms with Gasteiger partial charge in [-0.1, -0.05) is 11.3 Å². The first-order valence-corrected chi connectivity index (χ1v) is 17.4. The van der Waals surface area contributed by atoms with Gasteiger partial charge >= 0.3 is 6.55 Å². The first-order chi connectivity index (χ1) is 22.1. The Balaban J connectivity index is 1.09. The molecule has 0 amide bonds. The highest BCUT2D eigenvalue weighted by molar-refractivity contribution is 7.90. The van der Waals surface area contributed by atoms with E-state index in [4.69, 9.17) is 5.41 Å². The van der Waals surface area contributed by atoms with Crippen LogP contribution in [-0.4, -0.2) is 85.9 Å². The predicted molar refractivity (Wildman–Crippen MR) is 166 cm³/mol. The monoisotopic (exact) mass is 670 g/mol. The summed E-state index contributed by atoms with van der Waals surface area (Å²) < 4.78 is 57.7. The first kappa shape index (κ1) is 30.7. The number of allylic oxidation sites excluding steroid dienone is 1. The number of aliphatic hydroxyl groups is 1. The number of sulfonamides is 1. The molecule has 2 aliphatic carbocycles. The molecular formula is C29H32F2N10O3S2. The van der Waals surface area contributed by atoms with Gasteiger partial charge in [0.25, 0.3) is 0 Å². The summed E-state index contributed by atoms with van der Waals surface area (Å²) in [4.78, 5) is 15.2. The lowest BCUT2D eigenvalue weighted by Gasteiger charge is -2.39. The SMILES string of the molecule is N=C(/C=C\NC(F)F)C1=C2CC(NS(=O)(=O)C3C4CCC3CC(O)(c3cn(-c5ccccn5)nn3)C4)CN2C(c2nccs2)=NC1. The average molecular weight is 671 g/mol. The van der Waals surface area contributed by atoms with Gasteiger partial charge < -0.3 is 20.7 Å². The second-order valence-electron chi connectivity index (χ2n) is 12.0. The van der Waals surface area contributed by atoms with E-state index in [1.165, 1.54) is 22.1 Å². The molecule has 3 aromatic heterocycles. The van der Waals surface area contributed by atoms with Crippen LogP contribution in [0.4, 0.5) is 8.78 Å². The van der Waals surface area contributed by atoms with Crippen molar-refractivity contribution in [1.29, 1.82) is 5.41 Å². The summed E-state index contributed by atoms with van der Waals surface area (Å²) in [7, 11) is -3.82. The largest absolute Gasteiger partial charge is 0.383 e. The molecule has 0 spiro atoms. The minimum absolute atomic E-state index is 0.0168. The summed E-state index contributed by atoms with van der Waals surface area (Å²) in [6, 6.07) is 4.90. The van der Waals surface area contributed by atoms with Gasteiger partial charge in [0.2, 0.25) is 10.0 Å². The number of pyridine rings is 1.